The number of ether oxygens (including phenoxy) is 1. The number of hydrogen-bond acceptors (Lipinski definition) is 6. The first-order valence-electron chi connectivity index (χ1n) is 10.9. The van der Waals surface area contributed by atoms with Crippen LogP contribution >= 0.6 is 0 Å². The summed E-state index contributed by atoms with van der Waals surface area (Å²) in [6, 6.07) is 8.02. The summed E-state index contributed by atoms with van der Waals surface area (Å²) in [5.41, 5.74) is 2.41. The Morgan fingerprint density at radius 2 is 1.97 bits per heavy atom. The highest BCUT2D eigenvalue weighted by atomic mass is 19.1. The van der Waals surface area contributed by atoms with Crippen LogP contribution in [0.5, 0.6) is 0 Å². The second-order valence-electron chi connectivity index (χ2n) is 8.15. The Hall–Kier alpha value is -3.04. The number of aromatic nitrogens is 4. The molecule has 8 nitrogen and oxygen atoms in total. The first kappa shape index (κ1) is 22.2. The number of nitrogens with zero attached hydrogens (tertiary/aromatic N) is 4. The van der Waals surface area contributed by atoms with Gasteiger partial charge in [-0.2, -0.15) is 0 Å². The van der Waals surface area contributed by atoms with Gasteiger partial charge < -0.3 is 15.4 Å². The molecular formula is C23H29FN6O2. The predicted molar refractivity (Wildman–Crippen MR) is 122 cm³/mol. The number of piperidine rings is 1. The van der Waals surface area contributed by atoms with Gasteiger partial charge in [-0.05, 0) is 56.6 Å². The normalized spacial score (nSPS) is 15.6. The van der Waals surface area contributed by atoms with E-state index in [0.29, 0.717) is 29.4 Å². The van der Waals surface area contributed by atoms with E-state index in [9.17, 15) is 9.18 Å². The first-order valence-corrected chi connectivity index (χ1v) is 10.9. The van der Waals surface area contributed by atoms with Gasteiger partial charge in [-0.1, -0.05) is 12.1 Å². The summed E-state index contributed by atoms with van der Waals surface area (Å²) in [4.78, 5) is 22.5. The van der Waals surface area contributed by atoms with Gasteiger partial charge in [0.25, 0.3) is 5.56 Å². The van der Waals surface area contributed by atoms with E-state index in [1.165, 1.54) is 12.1 Å². The fourth-order valence-corrected chi connectivity index (χ4v) is 4.30. The van der Waals surface area contributed by atoms with E-state index >= 15 is 0 Å². The second kappa shape index (κ2) is 9.62. The Labute approximate surface area is 186 Å². The molecule has 1 aliphatic rings. The molecular weight excluding hydrogens is 411 g/mol. The Kier molecular flexibility index (Phi) is 6.66. The number of nitrogens with one attached hydrogen (secondary N) is 2. The topological polar surface area (TPSA) is 86.0 Å². The maximum Gasteiger partial charge on any atom is 0.274 e. The van der Waals surface area contributed by atoms with E-state index in [-0.39, 0.29) is 23.5 Å². The number of benzene rings is 1. The number of rotatable bonds is 7. The van der Waals surface area contributed by atoms with Crippen LogP contribution in [0.3, 0.4) is 0 Å². The zero-order valence-corrected chi connectivity index (χ0v) is 18.6. The van der Waals surface area contributed by atoms with Crippen molar-refractivity contribution >= 4 is 5.95 Å². The van der Waals surface area contributed by atoms with Crippen LogP contribution in [0.1, 0.15) is 25.8 Å². The van der Waals surface area contributed by atoms with Crippen LogP contribution < -0.4 is 16.2 Å². The third-order valence-corrected chi connectivity index (χ3v) is 5.77. The monoisotopic (exact) mass is 440 g/mol. The molecule has 0 radical (unpaired) electrons. The minimum absolute atomic E-state index is 0.0224. The number of hydrogen-bond donors (Lipinski definition) is 2. The summed E-state index contributed by atoms with van der Waals surface area (Å²) in [5, 5.41) is 6.61. The van der Waals surface area contributed by atoms with Crippen molar-refractivity contribution in [1.29, 1.82) is 0 Å². The lowest BCUT2D eigenvalue weighted by Gasteiger charge is -2.27. The Balaban J connectivity index is 1.88. The van der Waals surface area contributed by atoms with E-state index in [2.05, 4.69) is 15.6 Å². The van der Waals surface area contributed by atoms with Crippen LogP contribution in [0.2, 0.25) is 0 Å². The zero-order valence-electron chi connectivity index (χ0n) is 18.6. The fraction of sp³-hybridized carbons (Fsp3) is 0.435. The summed E-state index contributed by atoms with van der Waals surface area (Å²) in [6.07, 6.45) is 3.49. The molecule has 1 fully saturated rings. The third kappa shape index (κ3) is 4.44. The van der Waals surface area contributed by atoms with Crippen molar-refractivity contribution in [2.45, 2.75) is 31.8 Å². The van der Waals surface area contributed by atoms with Crippen LogP contribution in [0.15, 0.2) is 41.3 Å². The average molecular weight is 441 g/mol. The molecule has 1 saturated heterocycles. The highest BCUT2D eigenvalue weighted by Crippen LogP contribution is 2.34. The molecule has 0 amide bonds. The van der Waals surface area contributed by atoms with Gasteiger partial charge in [-0.25, -0.2) is 14.4 Å². The van der Waals surface area contributed by atoms with Crippen molar-refractivity contribution in [3.8, 4) is 22.5 Å². The van der Waals surface area contributed by atoms with Crippen molar-refractivity contribution in [2.75, 3.05) is 32.1 Å². The van der Waals surface area contributed by atoms with Crippen molar-refractivity contribution in [1.82, 2.24) is 24.6 Å². The van der Waals surface area contributed by atoms with Crippen LogP contribution in [0.4, 0.5) is 10.3 Å². The van der Waals surface area contributed by atoms with Gasteiger partial charge in [0.1, 0.15) is 5.82 Å². The molecule has 3 aromatic rings. The second-order valence-corrected chi connectivity index (χ2v) is 8.15. The molecule has 9 heteroatoms. The highest BCUT2D eigenvalue weighted by molar-refractivity contribution is 5.79. The van der Waals surface area contributed by atoms with Crippen molar-refractivity contribution in [3.05, 3.63) is 52.7 Å². The van der Waals surface area contributed by atoms with Crippen LogP contribution in [-0.4, -0.2) is 52.2 Å². The molecule has 2 N–H and O–H groups in total. The molecule has 0 bridgehead atoms. The lowest BCUT2D eigenvalue weighted by atomic mass is 10.0. The molecule has 2 aromatic heterocycles. The van der Waals surface area contributed by atoms with Crippen LogP contribution in [-0.2, 0) is 11.8 Å². The quantitative estimate of drug-likeness (QED) is 0.588. The number of anilines is 1. The van der Waals surface area contributed by atoms with E-state index in [4.69, 9.17) is 9.72 Å². The molecule has 1 aromatic carbocycles. The SMILES string of the molecule is COC[C@H](C)Nc1nccc(-c2c(-c3ccc(F)cc3)c(=O)n(C)n2C2CCNCC2)n1. The first-order chi connectivity index (χ1) is 15.5. The standard InChI is InChI=1S/C23H29FN6O2/c1-15(14-32-3)27-23-26-13-10-19(28-23)21-20(16-4-6-17(24)7-5-16)22(31)29(2)30(21)18-8-11-25-12-9-18/h4-7,10,13,15,18,25H,8-9,11-12,14H2,1-3H3,(H,26,27,28)/t15-/m0/s1. The summed E-state index contributed by atoms with van der Waals surface area (Å²) in [5.74, 6) is 0.121. The minimum Gasteiger partial charge on any atom is -0.383 e. The van der Waals surface area contributed by atoms with E-state index in [1.54, 1.807) is 37.2 Å². The maximum absolute atomic E-state index is 13.6. The molecule has 4 rings (SSSR count). The van der Waals surface area contributed by atoms with Crippen molar-refractivity contribution < 1.29 is 9.13 Å². The maximum atomic E-state index is 13.6. The molecule has 0 spiro atoms. The Bertz CT molecular complexity index is 1120. The molecule has 32 heavy (non-hydrogen) atoms. The van der Waals surface area contributed by atoms with Crippen molar-refractivity contribution in [2.24, 2.45) is 7.05 Å². The van der Waals surface area contributed by atoms with E-state index in [1.807, 2.05) is 17.7 Å². The van der Waals surface area contributed by atoms with E-state index < -0.39 is 0 Å². The van der Waals surface area contributed by atoms with Gasteiger partial charge in [-0.3, -0.25) is 14.2 Å². The minimum atomic E-state index is -0.342. The van der Waals surface area contributed by atoms with Gasteiger partial charge in [0.2, 0.25) is 5.95 Å². The summed E-state index contributed by atoms with van der Waals surface area (Å²) >= 11 is 0. The molecule has 0 aliphatic carbocycles. The molecule has 0 saturated carbocycles. The van der Waals surface area contributed by atoms with Crippen molar-refractivity contribution in [3.63, 3.8) is 0 Å². The molecule has 3 heterocycles. The molecule has 1 atom stereocenters. The molecule has 1 aliphatic heterocycles. The summed E-state index contributed by atoms with van der Waals surface area (Å²) < 4.78 is 22.5. The molecule has 170 valence electrons. The Morgan fingerprint density at radius 3 is 2.66 bits per heavy atom. The summed E-state index contributed by atoms with van der Waals surface area (Å²) in [7, 11) is 3.42. The number of halogens is 1. The largest absolute Gasteiger partial charge is 0.383 e. The smallest absolute Gasteiger partial charge is 0.274 e. The fourth-order valence-electron chi connectivity index (χ4n) is 4.30. The lowest BCUT2D eigenvalue weighted by molar-refractivity contribution is 0.190. The number of methoxy groups -OCH3 is 1. The summed E-state index contributed by atoms with van der Waals surface area (Å²) in [6.45, 7) is 4.26. The third-order valence-electron chi connectivity index (χ3n) is 5.77. The van der Waals surface area contributed by atoms with Crippen LogP contribution in [0.25, 0.3) is 22.5 Å². The van der Waals surface area contributed by atoms with Gasteiger partial charge in [0.05, 0.1) is 29.6 Å². The van der Waals surface area contributed by atoms with Gasteiger partial charge in [0.15, 0.2) is 0 Å². The predicted octanol–water partition coefficient (Wildman–Crippen LogP) is 2.82. The average Bonchev–Trinajstić information content (AvgIpc) is 3.06. The van der Waals surface area contributed by atoms with Gasteiger partial charge >= 0.3 is 0 Å². The van der Waals surface area contributed by atoms with Crippen LogP contribution in [0, 0.1) is 5.82 Å². The molecule has 0 unspecified atom stereocenters. The van der Waals surface area contributed by atoms with Gasteiger partial charge in [-0.15, -0.1) is 0 Å². The highest BCUT2D eigenvalue weighted by Gasteiger charge is 2.28. The van der Waals surface area contributed by atoms with E-state index in [0.717, 1.165) is 31.6 Å². The Morgan fingerprint density at radius 1 is 1.25 bits per heavy atom. The van der Waals surface area contributed by atoms with Gasteiger partial charge in [0, 0.05) is 26.4 Å². The lowest BCUT2D eigenvalue weighted by Crippen LogP contribution is -2.33. The zero-order chi connectivity index (χ0) is 22.7.